The molecular weight excluding hydrogens is 243 g/mol. The first-order chi connectivity index (χ1) is 8.20. The van der Waals surface area contributed by atoms with Crippen LogP contribution in [0.3, 0.4) is 0 Å². The van der Waals surface area contributed by atoms with Gasteiger partial charge in [0.2, 0.25) is 0 Å². The molecule has 1 rings (SSSR count). The summed E-state index contributed by atoms with van der Waals surface area (Å²) in [6.07, 6.45) is 0.0850. The quantitative estimate of drug-likeness (QED) is 0.408. The number of rotatable bonds is 8. The minimum Gasteiger partial charge on any atom is -0.255 e. The molecule has 17 heavy (non-hydrogen) atoms. The molecule has 5 nitrogen and oxygen atoms in total. The fourth-order valence-corrected chi connectivity index (χ4v) is 2.40. The lowest BCUT2D eigenvalue weighted by Gasteiger charge is -2.15. The highest BCUT2D eigenvalue weighted by atomic mass is 31.2. The van der Waals surface area contributed by atoms with E-state index in [1.54, 1.807) is 38.1 Å². The molecule has 0 spiro atoms. The molecule has 1 aromatic rings. The van der Waals surface area contributed by atoms with Crippen LogP contribution in [-0.4, -0.2) is 13.2 Å². The van der Waals surface area contributed by atoms with E-state index in [0.29, 0.717) is 0 Å². The molecular formula is C11H16O5P. The Morgan fingerprint density at radius 2 is 1.65 bits per heavy atom. The van der Waals surface area contributed by atoms with Crippen molar-refractivity contribution in [3.05, 3.63) is 35.9 Å². The molecule has 0 bridgehead atoms. The molecule has 0 aromatic heterocycles. The fourth-order valence-electron chi connectivity index (χ4n) is 1.08. The molecule has 6 heteroatoms. The van der Waals surface area contributed by atoms with Crippen LogP contribution < -0.4 is 0 Å². The molecule has 0 aliphatic rings. The summed E-state index contributed by atoms with van der Waals surface area (Å²) in [5, 5.41) is 0. The Balaban J connectivity index is 2.65. The van der Waals surface area contributed by atoms with E-state index in [1.807, 2.05) is 0 Å². The maximum Gasteiger partial charge on any atom is 0.388 e. The summed E-state index contributed by atoms with van der Waals surface area (Å²) in [7, 11) is -3.43. The number of benzene rings is 1. The maximum atomic E-state index is 12.2. The van der Waals surface area contributed by atoms with Gasteiger partial charge in [-0.05, 0) is 25.5 Å². The van der Waals surface area contributed by atoms with Crippen molar-refractivity contribution in [1.82, 2.24) is 0 Å². The zero-order valence-corrected chi connectivity index (χ0v) is 10.8. The van der Waals surface area contributed by atoms with Crippen LogP contribution in [0.5, 0.6) is 0 Å². The number of hydrogen-bond donors (Lipinski definition) is 0. The van der Waals surface area contributed by atoms with Gasteiger partial charge in [0.15, 0.2) is 0 Å². The molecule has 0 atom stereocenters. The van der Waals surface area contributed by atoms with Gasteiger partial charge in [0, 0.05) is 0 Å². The molecule has 0 amide bonds. The molecule has 0 aliphatic carbocycles. The second-order valence-electron chi connectivity index (χ2n) is 3.14. The molecule has 0 N–H and O–H groups in total. The first-order valence-corrected chi connectivity index (χ1v) is 7.09. The Hall–Kier alpha value is -0.710. The van der Waals surface area contributed by atoms with Crippen molar-refractivity contribution >= 4 is 7.60 Å². The summed E-state index contributed by atoms with van der Waals surface area (Å²) in [5.74, 6) is 0. The van der Waals surface area contributed by atoms with Crippen LogP contribution in [0.1, 0.15) is 19.4 Å². The Morgan fingerprint density at radius 1 is 1.12 bits per heavy atom. The molecule has 0 aliphatic heterocycles. The first-order valence-electron chi connectivity index (χ1n) is 5.36. The highest BCUT2D eigenvalue weighted by molar-refractivity contribution is 7.52. The highest BCUT2D eigenvalue weighted by Gasteiger charge is 2.28. The van der Waals surface area contributed by atoms with E-state index in [1.165, 1.54) is 0 Å². The predicted octanol–water partition coefficient (Wildman–Crippen LogP) is 3.12. The highest BCUT2D eigenvalue weighted by Crippen LogP contribution is 2.51. The van der Waals surface area contributed by atoms with E-state index in [9.17, 15) is 4.57 Å². The summed E-state index contributed by atoms with van der Waals surface area (Å²) in [6.45, 7) is 4.01. The molecule has 0 heterocycles. The van der Waals surface area contributed by atoms with Crippen molar-refractivity contribution in [2.45, 2.75) is 20.0 Å². The van der Waals surface area contributed by atoms with Crippen molar-refractivity contribution < 1.29 is 23.7 Å². The lowest BCUT2D eigenvalue weighted by molar-refractivity contribution is -0.263. The van der Waals surface area contributed by atoms with Gasteiger partial charge in [-0.3, -0.25) is 4.57 Å². The van der Waals surface area contributed by atoms with Gasteiger partial charge in [-0.1, -0.05) is 24.3 Å². The summed E-state index contributed by atoms with van der Waals surface area (Å²) < 4.78 is 21.8. The topological polar surface area (TPSA) is 54.0 Å². The van der Waals surface area contributed by atoms with Crippen LogP contribution in [0.25, 0.3) is 0 Å². The minimum absolute atomic E-state index is 0.0850. The third-order valence-corrected chi connectivity index (χ3v) is 3.15. The first kappa shape index (κ1) is 14.4. The smallest absolute Gasteiger partial charge is 0.255 e. The SMILES string of the molecule is CCOOP(=O)(Cc1cc[c]cc1)OOCC. The average Bonchev–Trinajstić information content (AvgIpc) is 2.35. The second kappa shape index (κ2) is 7.58. The Kier molecular flexibility index (Phi) is 6.40. The van der Waals surface area contributed by atoms with Crippen LogP contribution in [0.4, 0.5) is 0 Å². The molecule has 0 saturated carbocycles. The van der Waals surface area contributed by atoms with Crippen molar-refractivity contribution in [1.29, 1.82) is 0 Å². The molecule has 0 unspecified atom stereocenters. The summed E-state index contributed by atoms with van der Waals surface area (Å²) >= 11 is 0. The second-order valence-corrected chi connectivity index (χ2v) is 4.98. The molecule has 0 saturated heterocycles. The van der Waals surface area contributed by atoms with Crippen molar-refractivity contribution in [3.63, 3.8) is 0 Å². The largest absolute Gasteiger partial charge is 0.388 e. The molecule has 0 fully saturated rings. The van der Waals surface area contributed by atoms with E-state index in [0.717, 1.165) is 5.56 Å². The summed E-state index contributed by atoms with van der Waals surface area (Å²) in [4.78, 5) is 9.38. The van der Waals surface area contributed by atoms with Crippen LogP contribution in [-0.2, 0) is 29.9 Å². The minimum atomic E-state index is -3.43. The Labute approximate surface area is 101 Å². The van der Waals surface area contributed by atoms with Gasteiger partial charge in [-0.15, -0.1) is 9.35 Å². The van der Waals surface area contributed by atoms with Crippen molar-refractivity contribution in [3.8, 4) is 0 Å². The third kappa shape index (κ3) is 5.44. The van der Waals surface area contributed by atoms with Crippen LogP contribution in [0, 0.1) is 6.07 Å². The predicted molar refractivity (Wildman–Crippen MR) is 62.0 cm³/mol. The summed E-state index contributed by atoms with van der Waals surface area (Å²) in [5.41, 5.74) is 0.798. The van der Waals surface area contributed by atoms with E-state index < -0.39 is 7.60 Å². The maximum absolute atomic E-state index is 12.2. The third-order valence-electron chi connectivity index (χ3n) is 1.73. The van der Waals surface area contributed by atoms with Gasteiger partial charge in [-0.2, -0.15) is 0 Å². The van der Waals surface area contributed by atoms with Gasteiger partial charge in [-0.25, -0.2) is 9.78 Å². The van der Waals surface area contributed by atoms with Crippen LogP contribution in [0.15, 0.2) is 24.3 Å². The van der Waals surface area contributed by atoms with Gasteiger partial charge in [0.1, 0.15) is 0 Å². The van der Waals surface area contributed by atoms with E-state index in [-0.39, 0.29) is 19.4 Å². The molecule has 1 aromatic carbocycles. The number of hydrogen-bond acceptors (Lipinski definition) is 5. The lowest BCUT2D eigenvalue weighted by atomic mass is 10.2. The molecule has 1 radical (unpaired) electrons. The Bertz CT molecular complexity index is 342. The van der Waals surface area contributed by atoms with Gasteiger partial charge < -0.3 is 0 Å². The summed E-state index contributed by atoms with van der Waals surface area (Å²) in [6, 6.07) is 9.87. The van der Waals surface area contributed by atoms with E-state index in [2.05, 4.69) is 6.07 Å². The monoisotopic (exact) mass is 259 g/mol. The molecule has 95 valence electrons. The normalized spacial score (nSPS) is 11.6. The standard InChI is InChI=1S/C11H16O5P/c1-3-13-15-17(12,16-14-4-2)10-11-8-6-5-7-9-11/h6-9H,3-4,10H2,1-2H3. The van der Waals surface area contributed by atoms with Crippen LogP contribution >= 0.6 is 7.60 Å². The van der Waals surface area contributed by atoms with Gasteiger partial charge in [0.25, 0.3) is 0 Å². The lowest BCUT2D eigenvalue weighted by Crippen LogP contribution is -2.01. The van der Waals surface area contributed by atoms with Gasteiger partial charge in [0.05, 0.1) is 19.4 Å². The zero-order chi connectivity index (χ0) is 12.6. The van der Waals surface area contributed by atoms with E-state index >= 15 is 0 Å². The van der Waals surface area contributed by atoms with E-state index in [4.69, 9.17) is 19.1 Å². The van der Waals surface area contributed by atoms with Crippen LogP contribution in [0.2, 0.25) is 0 Å². The zero-order valence-electron chi connectivity index (χ0n) is 9.92. The van der Waals surface area contributed by atoms with Crippen molar-refractivity contribution in [2.75, 3.05) is 13.2 Å². The average molecular weight is 259 g/mol. The Morgan fingerprint density at radius 3 is 2.12 bits per heavy atom. The fraction of sp³-hybridized carbons (Fsp3) is 0.455. The van der Waals surface area contributed by atoms with Crippen molar-refractivity contribution in [2.24, 2.45) is 0 Å². The van der Waals surface area contributed by atoms with Gasteiger partial charge >= 0.3 is 7.60 Å².